The number of carboxylic acids is 1. The lowest BCUT2D eigenvalue weighted by Crippen LogP contribution is -2.00. The summed E-state index contributed by atoms with van der Waals surface area (Å²) < 4.78 is 5.25. The molecule has 1 heterocycles. The van der Waals surface area contributed by atoms with Crippen molar-refractivity contribution in [3.05, 3.63) is 30.0 Å². The smallest absolute Gasteiger partial charge is 0.303 e. The first kappa shape index (κ1) is 10.5. The van der Waals surface area contributed by atoms with Gasteiger partial charge in [0.25, 0.3) is 0 Å². The zero-order chi connectivity index (χ0) is 11.5. The van der Waals surface area contributed by atoms with Gasteiger partial charge in [0.15, 0.2) is 0 Å². The van der Waals surface area contributed by atoms with Crippen LogP contribution in [0.3, 0.4) is 0 Å². The molecule has 0 unspecified atom stereocenters. The molecular weight excluding hydrogens is 206 g/mol. The predicted molar refractivity (Wildman–Crippen MR) is 60.8 cm³/mol. The molecule has 1 aromatic heterocycles. The second kappa shape index (κ2) is 4.26. The summed E-state index contributed by atoms with van der Waals surface area (Å²) in [6.45, 7) is 0. The van der Waals surface area contributed by atoms with Crippen LogP contribution < -0.4 is 4.74 Å². The van der Waals surface area contributed by atoms with E-state index in [9.17, 15) is 4.79 Å². The number of carboxylic acid groups (broad SMARTS) is 1. The maximum absolute atomic E-state index is 10.6. The molecule has 16 heavy (non-hydrogen) atoms. The summed E-state index contributed by atoms with van der Waals surface area (Å²) in [7, 11) is 1.60. The third-order valence-corrected chi connectivity index (χ3v) is 2.61. The van der Waals surface area contributed by atoms with Gasteiger partial charge in [-0.2, -0.15) is 0 Å². The van der Waals surface area contributed by atoms with E-state index >= 15 is 0 Å². The topological polar surface area (TPSA) is 62.3 Å². The summed E-state index contributed by atoms with van der Waals surface area (Å²) in [6.07, 6.45) is 2.43. The van der Waals surface area contributed by atoms with Crippen molar-refractivity contribution in [2.24, 2.45) is 0 Å². The Bertz CT molecular complexity index is 516. The minimum absolute atomic E-state index is 0.112. The molecule has 2 N–H and O–H groups in total. The van der Waals surface area contributed by atoms with Crippen LogP contribution in [0.15, 0.2) is 24.4 Å². The van der Waals surface area contributed by atoms with Gasteiger partial charge in [0.2, 0.25) is 0 Å². The lowest BCUT2D eigenvalue weighted by atomic mass is 10.0. The highest BCUT2D eigenvalue weighted by molar-refractivity contribution is 5.85. The molecule has 0 saturated carbocycles. The number of nitrogens with one attached hydrogen (secondary N) is 1. The molecule has 4 nitrogen and oxygen atoms in total. The van der Waals surface area contributed by atoms with E-state index in [1.165, 1.54) is 0 Å². The van der Waals surface area contributed by atoms with Gasteiger partial charge in [-0.15, -0.1) is 0 Å². The van der Waals surface area contributed by atoms with E-state index in [2.05, 4.69) is 4.98 Å². The molecule has 1 aromatic carbocycles. The second-order valence-electron chi connectivity index (χ2n) is 3.58. The highest BCUT2D eigenvalue weighted by atomic mass is 16.5. The zero-order valence-corrected chi connectivity index (χ0v) is 8.99. The monoisotopic (exact) mass is 219 g/mol. The summed E-state index contributed by atoms with van der Waals surface area (Å²) in [5, 5.41) is 9.74. The SMILES string of the molecule is COc1ccc2[nH]ccc2c1CCC(=O)O. The van der Waals surface area contributed by atoms with Gasteiger partial charge in [0.1, 0.15) is 5.75 Å². The van der Waals surface area contributed by atoms with E-state index in [-0.39, 0.29) is 6.42 Å². The van der Waals surface area contributed by atoms with Crippen LogP contribution in [0.2, 0.25) is 0 Å². The van der Waals surface area contributed by atoms with Crippen LogP contribution in [0, 0.1) is 0 Å². The molecule has 0 aliphatic rings. The fraction of sp³-hybridized carbons (Fsp3) is 0.250. The molecule has 0 bridgehead atoms. The van der Waals surface area contributed by atoms with Crippen LogP contribution in [0.25, 0.3) is 10.9 Å². The number of benzene rings is 1. The van der Waals surface area contributed by atoms with Gasteiger partial charge in [-0.05, 0) is 24.6 Å². The fourth-order valence-corrected chi connectivity index (χ4v) is 1.86. The molecule has 2 rings (SSSR count). The highest BCUT2D eigenvalue weighted by Gasteiger charge is 2.10. The van der Waals surface area contributed by atoms with E-state index in [1.807, 2.05) is 24.4 Å². The van der Waals surface area contributed by atoms with Crippen LogP contribution in [-0.4, -0.2) is 23.2 Å². The zero-order valence-electron chi connectivity index (χ0n) is 8.99. The molecule has 0 aliphatic heterocycles. The van der Waals surface area contributed by atoms with Gasteiger partial charge in [0.05, 0.1) is 7.11 Å². The van der Waals surface area contributed by atoms with E-state index < -0.39 is 5.97 Å². The number of aliphatic carboxylic acids is 1. The van der Waals surface area contributed by atoms with Crippen LogP contribution in [0.5, 0.6) is 5.75 Å². The first-order chi connectivity index (χ1) is 7.72. The number of carbonyl (C=O) groups is 1. The van der Waals surface area contributed by atoms with Crippen molar-refractivity contribution in [1.29, 1.82) is 0 Å². The third-order valence-electron chi connectivity index (χ3n) is 2.61. The molecule has 0 radical (unpaired) electrons. The Kier molecular flexibility index (Phi) is 2.81. The number of rotatable bonds is 4. The number of ether oxygens (including phenoxy) is 1. The maximum Gasteiger partial charge on any atom is 0.303 e. The molecular formula is C12H13NO3. The number of H-pyrrole nitrogens is 1. The molecule has 2 aromatic rings. The van der Waals surface area contributed by atoms with Crippen LogP contribution in [-0.2, 0) is 11.2 Å². The molecule has 84 valence electrons. The number of methoxy groups -OCH3 is 1. The van der Waals surface area contributed by atoms with Gasteiger partial charge in [-0.25, -0.2) is 0 Å². The summed E-state index contributed by atoms with van der Waals surface area (Å²) in [4.78, 5) is 13.7. The summed E-state index contributed by atoms with van der Waals surface area (Å²) in [6, 6.07) is 5.73. The number of aromatic nitrogens is 1. The minimum atomic E-state index is -0.797. The molecule has 0 fully saturated rings. The van der Waals surface area contributed by atoms with E-state index in [0.29, 0.717) is 6.42 Å². The summed E-state index contributed by atoms with van der Waals surface area (Å²) in [5.74, 6) is -0.0528. The molecule has 0 saturated heterocycles. The lowest BCUT2D eigenvalue weighted by Gasteiger charge is -2.08. The van der Waals surface area contributed by atoms with Gasteiger partial charge in [-0.3, -0.25) is 4.79 Å². The lowest BCUT2D eigenvalue weighted by molar-refractivity contribution is -0.136. The van der Waals surface area contributed by atoms with Crippen molar-refractivity contribution < 1.29 is 14.6 Å². The fourth-order valence-electron chi connectivity index (χ4n) is 1.86. The quantitative estimate of drug-likeness (QED) is 0.828. The van der Waals surface area contributed by atoms with Gasteiger partial charge in [-0.1, -0.05) is 0 Å². The molecule has 0 spiro atoms. The van der Waals surface area contributed by atoms with Crippen molar-refractivity contribution in [2.45, 2.75) is 12.8 Å². The normalized spacial score (nSPS) is 10.6. The first-order valence-electron chi connectivity index (χ1n) is 5.07. The first-order valence-corrected chi connectivity index (χ1v) is 5.07. The number of aryl methyl sites for hydroxylation is 1. The Balaban J connectivity index is 2.44. The molecule has 4 heteroatoms. The van der Waals surface area contributed by atoms with Crippen LogP contribution in [0.4, 0.5) is 0 Å². The number of hydrogen-bond acceptors (Lipinski definition) is 2. The van der Waals surface area contributed by atoms with Crippen molar-refractivity contribution in [1.82, 2.24) is 4.98 Å². The standard InChI is InChI=1S/C12H13NO3/c1-16-11-4-3-10-8(6-7-13-10)9(11)2-5-12(14)15/h3-4,6-7,13H,2,5H2,1H3,(H,14,15). The average Bonchev–Trinajstić information content (AvgIpc) is 2.73. The Morgan fingerprint density at radius 3 is 2.94 bits per heavy atom. The highest BCUT2D eigenvalue weighted by Crippen LogP contribution is 2.28. The predicted octanol–water partition coefficient (Wildman–Crippen LogP) is 2.19. The van der Waals surface area contributed by atoms with Crippen molar-refractivity contribution in [3.63, 3.8) is 0 Å². The molecule has 0 atom stereocenters. The third kappa shape index (κ3) is 1.86. The Hall–Kier alpha value is -1.97. The Morgan fingerprint density at radius 2 is 2.25 bits per heavy atom. The number of aromatic amines is 1. The van der Waals surface area contributed by atoms with Crippen molar-refractivity contribution in [3.8, 4) is 5.75 Å². The number of hydrogen-bond donors (Lipinski definition) is 2. The van der Waals surface area contributed by atoms with E-state index in [1.54, 1.807) is 7.11 Å². The minimum Gasteiger partial charge on any atom is -0.496 e. The Labute approximate surface area is 92.9 Å². The maximum atomic E-state index is 10.6. The van der Waals surface area contributed by atoms with Crippen molar-refractivity contribution in [2.75, 3.05) is 7.11 Å². The molecule has 0 aliphatic carbocycles. The Morgan fingerprint density at radius 1 is 1.44 bits per heavy atom. The summed E-state index contributed by atoms with van der Waals surface area (Å²) in [5.41, 5.74) is 1.95. The van der Waals surface area contributed by atoms with E-state index in [4.69, 9.17) is 9.84 Å². The average molecular weight is 219 g/mol. The van der Waals surface area contributed by atoms with Crippen molar-refractivity contribution >= 4 is 16.9 Å². The van der Waals surface area contributed by atoms with E-state index in [0.717, 1.165) is 22.2 Å². The number of fused-ring (bicyclic) bond motifs is 1. The largest absolute Gasteiger partial charge is 0.496 e. The second-order valence-corrected chi connectivity index (χ2v) is 3.58. The van der Waals surface area contributed by atoms with Gasteiger partial charge < -0.3 is 14.8 Å². The van der Waals surface area contributed by atoms with Crippen LogP contribution in [0.1, 0.15) is 12.0 Å². The van der Waals surface area contributed by atoms with Gasteiger partial charge in [0, 0.05) is 29.1 Å². The van der Waals surface area contributed by atoms with Crippen LogP contribution >= 0.6 is 0 Å². The summed E-state index contributed by atoms with van der Waals surface area (Å²) >= 11 is 0. The van der Waals surface area contributed by atoms with Gasteiger partial charge >= 0.3 is 5.97 Å². The molecule has 0 amide bonds.